The van der Waals surface area contributed by atoms with Crippen LogP contribution in [-0.4, -0.2) is 37.3 Å². The molecular formula is C23H24N2O4. The molecular weight excluding hydrogens is 368 g/mol. The fourth-order valence-corrected chi connectivity index (χ4v) is 3.37. The second-order valence-electron chi connectivity index (χ2n) is 7.00. The van der Waals surface area contributed by atoms with Crippen molar-refractivity contribution in [2.75, 3.05) is 20.3 Å². The predicted molar refractivity (Wildman–Crippen MR) is 110 cm³/mol. The molecule has 1 N–H and O–H groups in total. The summed E-state index contributed by atoms with van der Waals surface area (Å²) in [7, 11) is 1.61. The van der Waals surface area contributed by atoms with Crippen molar-refractivity contribution in [2.24, 2.45) is 0 Å². The van der Waals surface area contributed by atoms with Crippen molar-refractivity contribution in [1.82, 2.24) is 10.3 Å². The Morgan fingerprint density at radius 1 is 1.17 bits per heavy atom. The van der Waals surface area contributed by atoms with Crippen LogP contribution >= 0.6 is 0 Å². The van der Waals surface area contributed by atoms with Crippen molar-refractivity contribution in [3.05, 3.63) is 65.9 Å². The number of ether oxygens (including phenoxy) is 3. The Morgan fingerprint density at radius 2 is 2.07 bits per heavy atom. The number of pyridine rings is 1. The van der Waals surface area contributed by atoms with E-state index in [1.165, 1.54) is 0 Å². The van der Waals surface area contributed by atoms with Crippen LogP contribution in [0.2, 0.25) is 0 Å². The van der Waals surface area contributed by atoms with E-state index in [2.05, 4.69) is 10.3 Å². The molecule has 0 saturated carbocycles. The summed E-state index contributed by atoms with van der Waals surface area (Å²) in [6.45, 7) is 1.69. The van der Waals surface area contributed by atoms with Gasteiger partial charge < -0.3 is 19.5 Å². The molecule has 6 heteroatoms. The Morgan fingerprint density at radius 3 is 2.90 bits per heavy atom. The fraction of sp³-hybridized carbons (Fsp3) is 0.304. The lowest BCUT2D eigenvalue weighted by molar-refractivity contribution is 0.0669. The first kappa shape index (κ1) is 19.2. The molecule has 1 aromatic heterocycles. The van der Waals surface area contributed by atoms with E-state index in [0.29, 0.717) is 30.3 Å². The second-order valence-corrected chi connectivity index (χ2v) is 7.00. The Kier molecular flexibility index (Phi) is 5.91. The van der Waals surface area contributed by atoms with Gasteiger partial charge in [-0.1, -0.05) is 30.3 Å². The van der Waals surface area contributed by atoms with E-state index in [1.54, 1.807) is 13.2 Å². The number of nitrogens with zero attached hydrogens (tertiary/aromatic N) is 1. The second kappa shape index (κ2) is 8.92. The Bertz CT molecular complexity index is 999. The van der Waals surface area contributed by atoms with Crippen molar-refractivity contribution >= 4 is 16.8 Å². The van der Waals surface area contributed by atoms with Crippen molar-refractivity contribution in [3.63, 3.8) is 0 Å². The number of hydrogen-bond donors (Lipinski definition) is 1. The minimum Gasteiger partial charge on any atom is -0.493 e. The largest absolute Gasteiger partial charge is 0.493 e. The minimum absolute atomic E-state index is 0.146. The van der Waals surface area contributed by atoms with Gasteiger partial charge in [-0.2, -0.15) is 0 Å². The number of aromatic nitrogens is 1. The summed E-state index contributed by atoms with van der Waals surface area (Å²) in [6, 6.07) is 17.0. The topological polar surface area (TPSA) is 69.7 Å². The molecule has 0 bridgehead atoms. The molecule has 1 amide bonds. The number of para-hydroxylation sites is 1. The molecule has 2 heterocycles. The smallest absolute Gasteiger partial charge is 0.270 e. The quantitative estimate of drug-likeness (QED) is 0.663. The maximum Gasteiger partial charge on any atom is 0.270 e. The van der Waals surface area contributed by atoms with Crippen LogP contribution < -0.4 is 14.8 Å². The Hall–Kier alpha value is -3.12. The number of hydrogen-bond acceptors (Lipinski definition) is 5. The monoisotopic (exact) mass is 392 g/mol. The van der Waals surface area contributed by atoms with Gasteiger partial charge in [-0.05, 0) is 42.7 Å². The molecule has 0 spiro atoms. The zero-order valence-electron chi connectivity index (χ0n) is 16.4. The number of carbonyl (C=O) groups is 1. The molecule has 4 rings (SSSR count). The number of amides is 1. The maximum absolute atomic E-state index is 12.5. The summed E-state index contributed by atoms with van der Waals surface area (Å²) >= 11 is 0. The van der Waals surface area contributed by atoms with E-state index < -0.39 is 0 Å². The first-order valence-electron chi connectivity index (χ1n) is 9.78. The molecule has 2 aromatic carbocycles. The number of nitrogens with one attached hydrogen (secondary N) is 1. The minimum atomic E-state index is -0.214. The van der Waals surface area contributed by atoms with Gasteiger partial charge in [-0.15, -0.1) is 0 Å². The fourth-order valence-electron chi connectivity index (χ4n) is 3.37. The third-order valence-electron chi connectivity index (χ3n) is 4.96. The standard InChI is InChI=1S/C23H24N2O4/c1-27-22-13-16(8-11-21(22)29-15-18-6-4-12-28-18)14-24-23(26)20-10-9-17-5-2-3-7-19(17)25-20/h2-3,5,7-11,13,18H,4,6,12,14-15H2,1H3,(H,24,26). The molecule has 3 aromatic rings. The van der Waals surface area contributed by atoms with Gasteiger partial charge in [0, 0.05) is 18.5 Å². The van der Waals surface area contributed by atoms with Crippen LogP contribution in [0, 0.1) is 0 Å². The van der Waals surface area contributed by atoms with Crippen molar-refractivity contribution in [2.45, 2.75) is 25.5 Å². The summed E-state index contributed by atoms with van der Waals surface area (Å²) in [4.78, 5) is 16.9. The van der Waals surface area contributed by atoms with Crippen LogP contribution in [-0.2, 0) is 11.3 Å². The first-order chi connectivity index (χ1) is 14.2. The molecule has 6 nitrogen and oxygen atoms in total. The summed E-state index contributed by atoms with van der Waals surface area (Å²) in [6.07, 6.45) is 2.25. The van der Waals surface area contributed by atoms with Crippen LogP contribution in [0.3, 0.4) is 0 Å². The number of fused-ring (bicyclic) bond motifs is 1. The van der Waals surface area contributed by atoms with E-state index in [4.69, 9.17) is 14.2 Å². The molecule has 1 aliphatic rings. The number of carbonyl (C=O) groups excluding carboxylic acids is 1. The number of benzene rings is 2. The summed E-state index contributed by atoms with van der Waals surface area (Å²) in [5.41, 5.74) is 2.11. The highest BCUT2D eigenvalue weighted by Gasteiger charge is 2.17. The van der Waals surface area contributed by atoms with Gasteiger partial charge in [0.2, 0.25) is 0 Å². The van der Waals surface area contributed by atoms with E-state index in [-0.39, 0.29) is 12.0 Å². The lowest BCUT2D eigenvalue weighted by Gasteiger charge is -2.15. The van der Waals surface area contributed by atoms with E-state index >= 15 is 0 Å². The molecule has 150 valence electrons. The summed E-state index contributed by atoms with van der Waals surface area (Å²) in [5, 5.41) is 3.92. The highest BCUT2D eigenvalue weighted by Crippen LogP contribution is 2.29. The van der Waals surface area contributed by atoms with Crippen molar-refractivity contribution in [1.29, 1.82) is 0 Å². The van der Waals surface area contributed by atoms with Crippen LogP contribution in [0.25, 0.3) is 10.9 Å². The SMILES string of the molecule is COc1cc(CNC(=O)c2ccc3ccccc3n2)ccc1OCC1CCCO1. The molecule has 1 atom stereocenters. The normalized spacial score (nSPS) is 16.0. The third kappa shape index (κ3) is 4.66. The number of rotatable bonds is 7. The van der Waals surface area contributed by atoms with Gasteiger partial charge in [-0.25, -0.2) is 4.98 Å². The van der Waals surface area contributed by atoms with Crippen LogP contribution in [0.4, 0.5) is 0 Å². The molecule has 1 saturated heterocycles. The first-order valence-corrected chi connectivity index (χ1v) is 9.78. The lowest BCUT2D eigenvalue weighted by atomic mass is 10.2. The van der Waals surface area contributed by atoms with Gasteiger partial charge in [0.15, 0.2) is 11.5 Å². The molecule has 29 heavy (non-hydrogen) atoms. The molecule has 1 unspecified atom stereocenters. The summed E-state index contributed by atoms with van der Waals surface area (Å²) < 4.78 is 16.9. The number of methoxy groups -OCH3 is 1. The maximum atomic E-state index is 12.5. The highest BCUT2D eigenvalue weighted by atomic mass is 16.5. The van der Waals surface area contributed by atoms with Crippen molar-refractivity contribution in [3.8, 4) is 11.5 Å². The van der Waals surface area contributed by atoms with Gasteiger partial charge in [-0.3, -0.25) is 4.79 Å². The van der Waals surface area contributed by atoms with Gasteiger partial charge >= 0.3 is 0 Å². The lowest BCUT2D eigenvalue weighted by Crippen LogP contribution is -2.23. The van der Waals surface area contributed by atoms with E-state index in [1.807, 2.05) is 48.5 Å². The van der Waals surface area contributed by atoms with Crippen LogP contribution in [0.5, 0.6) is 11.5 Å². The van der Waals surface area contributed by atoms with Gasteiger partial charge in [0.1, 0.15) is 12.3 Å². The molecule has 0 radical (unpaired) electrons. The van der Waals surface area contributed by atoms with Gasteiger partial charge in [0.25, 0.3) is 5.91 Å². The van der Waals surface area contributed by atoms with Crippen molar-refractivity contribution < 1.29 is 19.0 Å². The molecule has 1 aliphatic heterocycles. The van der Waals surface area contributed by atoms with E-state index in [9.17, 15) is 4.79 Å². The van der Waals surface area contributed by atoms with Gasteiger partial charge in [0.05, 0.1) is 18.7 Å². The average Bonchev–Trinajstić information content (AvgIpc) is 3.29. The molecule has 1 fully saturated rings. The summed E-state index contributed by atoms with van der Waals surface area (Å²) in [5.74, 6) is 1.10. The van der Waals surface area contributed by atoms with Crippen LogP contribution in [0.15, 0.2) is 54.6 Å². The van der Waals surface area contributed by atoms with Crippen LogP contribution in [0.1, 0.15) is 28.9 Å². The Balaban J connectivity index is 1.38. The Labute approximate surface area is 169 Å². The average molecular weight is 392 g/mol. The van der Waals surface area contributed by atoms with E-state index in [0.717, 1.165) is 35.9 Å². The zero-order valence-corrected chi connectivity index (χ0v) is 16.4. The predicted octanol–water partition coefficient (Wildman–Crippen LogP) is 3.73. The zero-order chi connectivity index (χ0) is 20.1. The third-order valence-corrected chi connectivity index (χ3v) is 4.96. The highest BCUT2D eigenvalue weighted by molar-refractivity contribution is 5.94. The molecule has 0 aliphatic carbocycles.